The maximum atomic E-state index is 11.7. The summed E-state index contributed by atoms with van der Waals surface area (Å²) >= 11 is 0. The van der Waals surface area contributed by atoms with Crippen molar-refractivity contribution < 1.29 is 14.8 Å². The predicted octanol–water partition coefficient (Wildman–Crippen LogP) is 1.63. The average Bonchev–Trinajstić information content (AvgIpc) is 2.38. The van der Waals surface area contributed by atoms with Gasteiger partial charge in [0, 0.05) is 12.1 Å². The maximum absolute atomic E-state index is 11.7. The molecule has 104 valence electrons. The number of nitro groups is 1. The van der Waals surface area contributed by atoms with Gasteiger partial charge in [0.2, 0.25) is 5.91 Å². The Balaban J connectivity index is 2.76. The zero-order valence-corrected chi connectivity index (χ0v) is 10.8. The summed E-state index contributed by atoms with van der Waals surface area (Å²) in [5.41, 5.74) is -0.514. The van der Waals surface area contributed by atoms with Crippen LogP contribution >= 0.6 is 0 Å². The standard InChI is InChI=1S/C12H17N3O4/c1-3-8(2)13-7-11(17)14-12-9(15(18)19)5-4-6-10(12)16/h4-6,8,13,16H,3,7H2,1-2H3,(H,14,17). The highest BCUT2D eigenvalue weighted by Crippen LogP contribution is 2.32. The van der Waals surface area contributed by atoms with Gasteiger partial charge in [-0.25, -0.2) is 0 Å². The zero-order chi connectivity index (χ0) is 14.4. The Hall–Kier alpha value is -2.15. The summed E-state index contributed by atoms with van der Waals surface area (Å²) in [5, 5.41) is 25.7. The SMILES string of the molecule is CCC(C)NCC(=O)Nc1c(O)cccc1[N+](=O)[O-]. The molecule has 7 nitrogen and oxygen atoms in total. The van der Waals surface area contributed by atoms with E-state index in [4.69, 9.17) is 0 Å². The second-order valence-corrected chi connectivity index (χ2v) is 4.17. The minimum Gasteiger partial charge on any atom is -0.505 e. The van der Waals surface area contributed by atoms with Crippen LogP contribution in [0.2, 0.25) is 0 Å². The van der Waals surface area contributed by atoms with E-state index in [2.05, 4.69) is 10.6 Å². The first-order chi connectivity index (χ1) is 8.95. The Kier molecular flexibility index (Phi) is 5.25. The van der Waals surface area contributed by atoms with Crippen molar-refractivity contribution in [1.29, 1.82) is 0 Å². The number of nitrogens with one attached hydrogen (secondary N) is 2. The lowest BCUT2D eigenvalue weighted by atomic mass is 10.2. The Morgan fingerprint density at radius 1 is 1.53 bits per heavy atom. The molecule has 0 aliphatic rings. The van der Waals surface area contributed by atoms with Crippen molar-refractivity contribution >= 4 is 17.3 Å². The fraction of sp³-hybridized carbons (Fsp3) is 0.417. The Morgan fingerprint density at radius 3 is 2.79 bits per heavy atom. The fourth-order valence-electron chi connectivity index (χ4n) is 1.40. The van der Waals surface area contributed by atoms with E-state index in [0.717, 1.165) is 6.42 Å². The Labute approximate surface area is 110 Å². The number of anilines is 1. The van der Waals surface area contributed by atoms with E-state index in [1.807, 2.05) is 13.8 Å². The summed E-state index contributed by atoms with van der Waals surface area (Å²) in [5.74, 6) is -0.768. The van der Waals surface area contributed by atoms with Gasteiger partial charge < -0.3 is 15.7 Å². The monoisotopic (exact) mass is 267 g/mol. The molecule has 0 saturated carbocycles. The van der Waals surface area contributed by atoms with Crippen molar-refractivity contribution in [2.75, 3.05) is 11.9 Å². The Bertz CT molecular complexity index is 476. The van der Waals surface area contributed by atoms with Crippen molar-refractivity contribution in [3.8, 4) is 5.75 Å². The normalized spacial score (nSPS) is 11.9. The average molecular weight is 267 g/mol. The molecule has 0 aliphatic heterocycles. The van der Waals surface area contributed by atoms with E-state index in [0.29, 0.717) is 0 Å². The lowest BCUT2D eigenvalue weighted by Crippen LogP contribution is -2.34. The van der Waals surface area contributed by atoms with Crippen LogP contribution in [0.5, 0.6) is 5.75 Å². The number of amides is 1. The molecule has 1 atom stereocenters. The topological polar surface area (TPSA) is 104 Å². The minimum absolute atomic E-state index is 0.0283. The molecule has 0 bridgehead atoms. The molecular formula is C12H17N3O4. The number of aromatic hydroxyl groups is 1. The van der Waals surface area contributed by atoms with E-state index >= 15 is 0 Å². The molecule has 0 fully saturated rings. The van der Waals surface area contributed by atoms with Gasteiger partial charge in [-0.2, -0.15) is 0 Å². The number of nitrogens with zero attached hydrogens (tertiary/aromatic N) is 1. The number of nitro benzene ring substituents is 1. The second kappa shape index (κ2) is 6.69. The van der Waals surface area contributed by atoms with Crippen molar-refractivity contribution in [3.63, 3.8) is 0 Å². The molecule has 1 unspecified atom stereocenters. The van der Waals surface area contributed by atoms with E-state index in [-0.39, 0.29) is 29.7 Å². The van der Waals surface area contributed by atoms with E-state index in [1.54, 1.807) is 0 Å². The third kappa shape index (κ3) is 4.22. The molecule has 0 aliphatic carbocycles. The lowest BCUT2D eigenvalue weighted by molar-refractivity contribution is -0.384. The highest BCUT2D eigenvalue weighted by molar-refractivity contribution is 5.96. The molecule has 0 aromatic heterocycles. The van der Waals surface area contributed by atoms with Crippen molar-refractivity contribution in [2.45, 2.75) is 26.3 Å². The van der Waals surface area contributed by atoms with Crippen LogP contribution in [-0.2, 0) is 4.79 Å². The van der Waals surface area contributed by atoms with Crippen molar-refractivity contribution in [3.05, 3.63) is 28.3 Å². The summed E-state index contributed by atoms with van der Waals surface area (Å²) in [6.45, 7) is 3.93. The van der Waals surface area contributed by atoms with Gasteiger partial charge in [0.25, 0.3) is 5.69 Å². The summed E-state index contributed by atoms with van der Waals surface area (Å²) in [4.78, 5) is 21.8. The van der Waals surface area contributed by atoms with Crippen LogP contribution in [0.3, 0.4) is 0 Å². The maximum Gasteiger partial charge on any atom is 0.296 e. The van der Waals surface area contributed by atoms with Crippen LogP contribution in [-0.4, -0.2) is 28.5 Å². The van der Waals surface area contributed by atoms with Gasteiger partial charge in [0.1, 0.15) is 5.75 Å². The fourth-order valence-corrected chi connectivity index (χ4v) is 1.40. The molecule has 0 spiro atoms. The van der Waals surface area contributed by atoms with Crippen molar-refractivity contribution in [1.82, 2.24) is 5.32 Å². The van der Waals surface area contributed by atoms with Gasteiger partial charge in [-0.3, -0.25) is 14.9 Å². The number of phenolic OH excluding ortho intramolecular Hbond substituents is 1. The Morgan fingerprint density at radius 2 is 2.21 bits per heavy atom. The summed E-state index contributed by atoms with van der Waals surface area (Å²) < 4.78 is 0. The van der Waals surface area contributed by atoms with E-state index in [9.17, 15) is 20.0 Å². The van der Waals surface area contributed by atoms with Gasteiger partial charge in [-0.15, -0.1) is 0 Å². The van der Waals surface area contributed by atoms with Gasteiger partial charge in [-0.05, 0) is 19.4 Å². The predicted molar refractivity (Wildman–Crippen MR) is 71.1 cm³/mol. The number of rotatable bonds is 6. The van der Waals surface area contributed by atoms with E-state index in [1.165, 1.54) is 18.2 Å². The van der Waals surface area contributed by atoms with Gasteiger partial charge >= 0.3 is 0 Å². The largest absolute Gasteiger partial charge is 0.505 e. The van der Waals surface area contributed by atoms with Crippen LogP contribution in [0.4, 0.5) is 11.4 Å². The van der Waals surface area contributed by atoms with Crippen LogP contribution in [0.25, 0.3) is 0 Å². The first kappa shape index (κ1) is 14.9. The number of hydrogen-bond donors (Lipinski definition) is 3. The van der Waals surface area contributed by atoms with Gasteiger partial charge in [0.15, 0.2) is 5.69 Å². The molecule has 1 aromatic carbocycles. The highest BCUT2D eigenvalue weighted by Gasteiger charge is 2.19. The van der Waals surface area contributed by atoms with Gasteiger partial charge in [0.05, 0.1) is 11.5 Å². The lowest BCUT2D eigenvalue weighted by Gasteiger charge is -2.12. The number of carbonyl (C=O) groups is 1. The quantitative estimate of drug-likeness (QED) is 0.413. The van der Waals surface area contributed by atoms with E-state index < -0.39 is 10.8 Å². The molecule has 1 rings (SSSR count). The number of phenols is 1. The molecule has 1 aromatic rings. The smallest absolute Gasteiger partial charge is 0.296 e. The zero-order valence-electron chi connectivity index (χ0n) is 10.8. The molecule has 3 N–H and O–H groups in total. The summed E-state index contributed by atoms with van der Waals surface area (Å²) in [6.07, 6.45) is 0.865. The minimum atomic E-state index is -0.655. The van der Waals surface area contributed by atoms with Gasteiger partial charge in [-0.1, -0.05) is 13.0 Å². The third-order valence-electron chi connectivity index (χ3n) is 2.71. The molecule has 0 saturated heterocycles. The molecule has 19 heavy (non-hydrogen) atoms. The molecule has 0 radical (unpaired) electrons. The number of carbonyl (C=O) groups excluding carboxylic acids is 1. The van der Waals surface area contributed by atoms with Crippen LogP contribution in [0, 0.1) is 10.1 Å². The first-order valence-electron chi connectivity index (χ1n) is 5.95. The third-order valence-corrected chi connectivity index (χ3v) is 2.71. The van der Waals surface area contributed by atoms with Crippen molar-refractivity contribution in [2.24, 2.45) is 0 Å². The second-order valence-electron chi connectivity index (χ2n) is 4.17. The highest BCUT2D eigenvalue weighted by atomic mass is 16.6. The van der Waals surface area contributed by atoms with Crippen LogP contribution in [0.1, 0.15) is 20.3 Å². The molecule has 0 heterocycles. The van der Waals surface area contributed by atoms with Crippen LogP contribution < -0.4 is 10.6 Å². The number of hydrogen-bond acceptors (Lipinski definition) is 5. The number of para-hydroxylation sites is 1. The molecular weight excluding hydrogens is 250 g/mol. The number of benzene rings is 1. The molecule has 7 heteroatoms. The molecule has 1 amide bonds. The summed E-state index contributed by atoms with van der Waals surface area (Å²) in [7, 11) is 0. The summed E-state index contributed by atoms with van der Waals surface area (Å²) in [6, 6.07) is 4.02. The van der Waals surface area contributed by atoms with Crippen LogP contribution in [0.15, 0.2) is 18.2 Å². The first-order valence-corrected chi connectivity index (χ1v) is 5.95.